The first-order valence-electron chi connectivity index (χ1n) is 32.1. The molecule has 47 heteroatoms. The lowest BCUT2D eigenvalue weighted by molar-refractivity contribution is -0.386. The summed E-state index contributed by atoms with van der Waals surface area (Å²) in [5.41, 5.74) is 0. The molecular weight excluding hydrogens is 1420 g/mol. The van der Waals surface area contributed by atoms with Crippen molar-refractivity contribution in [2.24, 2.45) is 0 Å². The van der Waals surface area contributed by atoms with Gasteiger partial charge >= 0.3 is 11.9 Å². The molecule has 0 unspecified atom stereocenters. The number of aliphatic hydroxyl groups excluding tert-OH is 22. The van der Waals surface area contributed by atoms with Gasteiger partial charge in [0.15, 0.2) is 31.5 Å². The van der Waals surface area contributed by atoms with Crippen molar-refractivity contribution in [2.75, 3.05) is 52.9 Å². The molecule has 4 amide bonds. The van der Waals surface area contributed by atoms with Gasteiger partial charge in [0.2, 0.25) is 23.6 Å². The molecule has 0 aliphatic carbocycles. The summed E-state index contributed by atoms with van der Waals surface area (Å²) in [5.74, 6) is -15.7. The molecule has 7 aliphatic rings. The third-order valence-electron chi connectivity index (χ3n) is 18.3. The lowest BCUT2D eigenvalue weighted by atomic mass is 9.87. The summed E-state index contributed by atoms with van der Waals surface area (Å²) in [6.45, 7) is -6.94. The Bertz CT molecular complexity index is 2790. The van der Waals surface area contributed by atoms with Gasteiger partial charge < -0.3 is 205 Å². The second kappa shape index (κ2) is 36.5. The Morgan fingerprint density at radius 1 is 0.447 bits per heavy atom. The van der Waals surface area contributed by atoms with Gasteiger partial charge in [0, 0.05) is 26.7 Å². The maximum atomic E-state index is 13.4. The molecule has 103 heavy (non-hydrogen) atoms. The fourth-order valence-electron chi connectivity index (χ4n) is 12.8. The quantitative estimate of drug-likeness (QED) is 0.0318. The third-order valence-corrected chi connectivity index (χ3v) is 18.3. The first-order chi connectivity index (χ1) is 48.4. The Morgan fingerprint density at radius 3 is 1.40 bits per heavy atom. The Balaban J connectivity index is 1.11. The maximum absolute atomic E-state index is 13.4. The van der Waals surface area contributed by atoms with Crippen LogP contribution in [0.2, 0.25) is 0 Å². The topological polar surface area (TPSA) is 756 Å². The number of carboxylic acids is 2. The van der Waals surface area contributed by atoms with E-state index in [1.165, 1.54) is 6.92 Å². The van der Waals surface area contributed by atoms with E-state index in [2.05, 4.69) is 10.6 Å². The van der Waals surface area contributed by atoms with Gasteiger partial charge in [-0.05, 0) is 6.92 Å². The summed E-state index contributed by atoms with van der Waals surface area (Å²) in [4.78, 5) is 76.7. The number of aliphatic hydroxyl groups is 22. The van der Waals surface area contributed by atoms with Gasteiger partial charge in [-0.15, -0.1) is 0 Å². The predicted octanol–water partition coefficient (Wildman–Crippen LogP) is -18.3. The normalized spacial score (nSPS) is 44.3. The number of nitrogens with one attached hydrogen (secondary N) is 4. The van der Waals surface area contributed by atoms with Crippen molar-refractivity contribution < 1.29 is 213 Å². The van der Waals surface area contributed by atoms with Crippen LogP contribution in [0.4, 0.5) is 0 Å². The zero-order valence-electron chi connectivity index (χ0n) is 54.8. The lowest BCUT2D eigenvalue weighted by Gasteiger charge is -2.50. The second-order valence-corrected chi connectivity index (χ2v) is 25.4. The average Bonchev–Trinajstić information content (AvgIpc) is 0.765. The van der Waals surface area contributed by atoms with E-state index in [0.717, 1.165) is 13.8 Å². The molecule has 0 radical (unpaired) electrons. The van der Waals surface area contributed by atoms with Crippen LogP contribution in [0.1, 0.15) is 33.6 Å². The number of aliphatic carboxylic acids is 2. The van der Waals surface area contributed by atoms with E-state index in [9.17, 15) is 151 Å². The molecule has 7 aliphatic heterocycles. The number of rotatable bonds is 30. The Labute approximate surface area is 580 Å². The number of hydrogen-bond acceptors (Lipinski definition) is 41. The van der Waals surface area contributed by atoms with Crippen LogP contribution in [0, 0.1) is 0 Å². The van der Waals surface area contributed by atoms with Crippen LogP contribution in [-0.4, -0.2) is 437 Å². The Morgan fingerprint density at radius 2 is 0.883 bits per heavy atom. The van der Waals surface area contributed by atoms with Crippen molar-refractivity contribution in [3.05, 3.63) is 0 Å². The molecule has 37 atom stereocenters. The van der Waals surface area contributed by atoms with Crippen molar-refractivity contribution in [1.29, 1.82) is 0 Å². The van der Waals surface area contributed by atoms with E-state index in [0.29, 0.717) is 0 Å². The molecule has 0 saturated carbocycles. The molecule has 594 valence electrons. The highest BCUT2D eigenvalue weighted by Gasteiger charge is 2.63. The standard InChI is InChI=1S/C56H92N4O43/c1-14-31(75)37(81)39(83)50(92-14)99-44-30(58-16(3)69)49(94-20(7-62)33(44)77)100-47-34(78)21(8-63)95-52(41(47)85)97-42-23(10-65)96-51(40(84)38(42)82)98-43-29(57-15(2)68)48(86)93-24(36(43)80)13-91-55(53(87)88)4-17(70)28(60-26(74)12-67)46(102-55)35(79)22(9-64)101-56(54(89)90)5-18(71)27(59-25(73)11-66)45(103-56)32(76)19(72)6-61/h14,17-24,27-52,61-67,70-72,75-86H,4-13H2,1-3H3,(H,57,68)(H,58,69)(H,59,73)(H,60,74)(H,87,88)(H,89,90)/t14-,17-,18-,19+,20+,21+,22+,23+,24+,27+,28+,29+,30+,31+,32+,33-,34-,35+,36-,37+,38+,39-,40+,41+,42-,43+,44+,45+,46+,47-,48-,49-,50-,51-,52-,55+,56+/m0/s1. The molecule has 28 N–H and O–H groups in total. The first kappa shape index (κ1) is 85.7. The van der Waals surface area contributed by atoms with Crippen LogP contribution in [0.3, 0.4) is 0 Å². The van der Waals surface area contributed by atoms with Crippen molar-refractivity contribution in [3.8, 4) is 0 Å². The van der Waals surface area contributed by atoms with E-state index >= 15 is 0 Å². The van der Waals surface area contributed by atoms with Gasteiger partial charge in [-0.3, -0.25) is 19.2 Å². The Kier molecular flexibility index (Phi) is 30.4. The van der Waals surface area contributed by atoms with E-state index in [1.54, 1.807) is 0 Å². The number of carbonyl (C=O) groups excluding carboxylic acids is 4. The van der Waals surface area contributed by atoms with E-state index in [1.807, 2.05) is 10.6 Å². The minimum atomic E-state index is -3.40. The van der Waals surface area contributed by atoms with Gasteiger partial charge in [0.1, 0.15) is 166 Å². The van der Waals surface area contributed by atoms with Crippen LogP contribution < -0.4 is 21.3 Å². The van der Waals surface area contributed by atoms with E-state index in [-0.39, 0.29) is 0 Å². The highest BCUT2D eigenvalue weighted by atomic mass is 16.8. The number of amides is 4. The van der Waals surface area contributed by atoms with Crippen LogP contribution in [-0.2, 0) is 90.3 Å². The molecule has 0 aromatic heterocycles. The van der Waals surface area contributed by atoms with Crippen LogP contribution >= 0.6 is 0 Å². The molecule has 7 rings (SSSR count). The van der Waals surface area contributed by atoms with E-state index < -0.39 is 327 Å². The van der Waals surface area contributed by atoms with Crippen LogP contribution in [0.15, 0.2) is 0 Å². The molecular formula is C56H92N4O43. The lowest BCUT2D eigenvalue weighted by Crippen LogP contribution is -2.71. The molecule has 0 aromatic carbocycles. The summed E-state index contributed by atoms with van der Waals surface area (Å²) in [6, 6.07) is -7.73. The maximum Gasteiger partial charge on any atom is 0.364 e. The van der Waals surface area contributed by atoms with Gasteiger partial charge in [0.05, 0.1) is 70.0 Å². The minimum Gasteiger partial charge on any atom is -0.477 e. The van der Waals surface area contributed by atoms with Crippen molar-refractivity contribution >= 4 is 35.6 Å². The highest BCUT2D eigenvalue weighted by Crippen LogP contribution is 2.41. The second-order valence-electron chi connectivity index (χ2n) is 25.4. The van der Waals surface area contributed by atoms with E-state index in [4.69, 9.17) is 61.6 Å². The number of carboxylic acid groups (broad SMARTS) is 2. The number of hydrogen-bond donors (Lipinski definition) is 28. The van der Waals surface area contributed by atoms with Crippen molar-refractivity contribution in [3.63, 3.8) is 0 Å². The summed E-state index contributed by atoms with van der Waals surface area (Å²) in [7, 11) is 0. The monoisotopic (exact) mass is 1510 g/mol. The molecule has 0 bridgehead atoms. The SMILES string of the molecule is CC(=O)N[C@@H]1[C@@H](O[C@@H]2O[C@H](CO)[C@H](O[C@@H]3O[C@H](CO)[C@H](O)[C@H](O[C@@H]4O[C@H](CO)[C@H](O)[C@H](O[C@@H]5O[C@@H](C)[C@@H](O)[C@@H](O)[C@@H]5O)[C@H]4NC(C)=O)[C@H]3O)[C@H](O)[C@H]2O)[C@@H](O)[C@@H](CO[C@]2(C(=O)O)C[C@H](O)[C@@H](NC(=O)CO)[C@H]([C@H](O)[C@@H](CO)O[C@]3(C(=O)O)C[C@H](O)[C@@H](NC(=O)CO)[C@H]([C@H](O)[C@H](O)CO)O3)O2)O[C@@H]1O. The highest BCUT2D eigenvalue weighted by molar-refractivity contribution is 5.79. The molecule has 0 spiro atoms. The van der Waals surface area contributed by atoms with Crippen molar-refractivity contribution in [1.82, 2.24) is 21.3 Å². The van der Waals surface area contributed by atoms with Gasteiger partial charge in [-0.25, -0.2) is 9.59 Å². The zero-order chi connectivity index (χ0) is 76.8. The van der Waals surface area contributed by atoms with Gasteiger partial charge in [-0.2, -0.15) is 0 Å². The fraction of sp³-hybridized carbons (Fsp3) is 0.893. The van der Waals surface area contributed by atoms with Crippen molar-refractivity contribution in [2.45, 2.75) is 260 Å². The molecule has 47 nitrogen and oxygen atoms in total. The van der Waals surface area contributed by atoms with Crippen LogP contribution in [0.25, 0.3) is 0 Å². The van der Waals surface area contributed by atoms with Gasteiger partial charge in [-0.1, -0.05) is 0 Å². The molecule has 0 aromatic rings. The summed E-state index contributed by atoms with van der Waals surface area (Å²) >= 11 is 0. The molecule has 7 fully saturated rings. The largest absolute Gasteiger partial charge is 0.477 e. The Hall–Kier alpha value is -4.58. The smallest absolute Gasteiger partial charge is 0.364 e. The molecule has 7 heterocycles. The van der Waals surface area contributed by atoms with Gasteiger partial charge in [0.25, 0.3) is 11.6 Å². The van der Waals surface area contributed by atoms with Crippen LogP contribution in [0.5, 0.6) is 0 Å². The molecule has 7 saturated heterocycles. The summed E-state index contributed by atoms with van der Waals surface area (Å²) in [6.07, 6.45) is -68.7. The average molecular weight is 1510 g/mol. The third kappa shape index (κ3) is 18.9. The zero-order valence-corrected chi connectivity index (χ0v) is 54.8. The predicted molar refractivity (Wildman–Crippen MR) is 314 cm³/mol. The number of ether oxygens (including phenoxy) is 13. The number of carbonyl (C=O) groups is 6. The minimum absolute atomic E-state index is 0.866. The summed E-state index contributed by atoms with van der Waals surface area (Å²) in [5, 5.41) is 270. The summed E-state index contributed by atoms with van der Waals surface area (Å²) < 4.78 is 74.3. The first-order valence-corrected chi connectivity index (χ1v) is 32.1. The fourth-order valence-corrected chi connectivity index (χ4v) is 12.8.